The molecule has 0 aliphatic heterocycles. The smallest absolute Gasteiger partial charge is 0.355 e. The standard InChI is InChI=1S/C21H31N3O2/c1-5-26-20(25)19-15(7-6-10-22)18-17(24-19)12-13-11-14(21(2,3)4)8-9-16(13)23-18/h12,14,24H,5-11,22H2,1-4H3. The fourth-order valence-corrected chi connectivity index (χ4v) is 3.96. The first-order chi connectivity index (χ1) is 12.3. The molecule has 0 saturated carbocycles. The van der Waals surface area contributed by atoms with Crippen LogP contribution in [0.4, 0.5) is 0 Å². The van der Waals surface area contributed by atoms with E-state index >= 15 is 0 Å². The Hall–Kier alpha value is -1.88. The van der Waals surface area contributed by atoms with Crippen molar-refractivity contribution < 1.29 is 9.53 Å². The van der Waals surface area contributed by atoms with Gasteiger partial charge < -0.3 is 15.5 Å². The Morgan fingerprint density at radius 3 is 2.85 bits per heavy atom. The number of pyridine rings is 1. The second-order valence-corrected chi connectivity index (χ2v) is 8.39. The SMILES string of the molecule is CCOC(=O)c1[nH]c2cc3c(nc2c1CCCN)CCC(C(C)(C)C)C3. The minimum Gasteiger partial charge on any atom is -0.461 e. The molecule has 1 aliphatic carbocycles. The van der Waals surface area contributed by atoms with Gasteiger partial charge in [0.25, 0.3) is 0 Å². The van der Waals surface area contributed by atoms with Crippen molar-refractivity contribution in [1.82, 2.24) is 9.97 Å². The summed E-state index contributed by atoms with van der Waals surface area (Å²) in [5.41, 5.74) is 11.8. The summed E-state index contributed by atoms with van der Waals surface area (Å²) in [5.74, 6) is 0.355. The van der Waals surface area contributed by atoms with Crippen LogP contribution in [0.5, 0.6) is 0 Å². The van der Waals surface area contributed by atoms with Crippen molar-refractivity contribution in [3.8, 4) is 0 Å². The molecule has 0 radical (unpaired) electrons. The van der Waals surface area contributed by atoms with Crippen LogP contribution in [-0.2, 0) is 24.0 Å². The molecular weight excluding hydrogens is 326 g/mol. The van der Waals surface area contributed by atoms with E-state index in [9.17, 15) is 4.79 Å². The number of hydrogen-bond donors (Lipinski definition) is 2. The van der Waals surface area contributed by atoms with Gasteiger partial charge in [-0.05, 0) is 68.5 Å². The molecule has 0 aromatic carbocycles. The summed E-state index contributed by atoms with van der Waals surface area (Å²) in [7, 11) is 0. The number of aromatic nitrogens is 2. The molecule has 142 valence electrons. The van der Waals surface area contributed by atoms with Crippen molar-refractivity contribution in [2.24, 2.45) is 17.1 Å². The zero-order valence-corrected chi connectivity index (χ0v) is 16.4. The lowest BCUT2D eigenvalue weighted by Crippen LogP contribution is -2.27. The molecule has 26 heavy (non-hydrogen) atoms. The van der Waals surface area contributed by atoms with Gasteiger partial charge >= 0.3 is 5.97 Å². The Morgan fingerprint density at radius 2 is 2.19 bits per heavy atom. The number of carbonyl (C=O) groups is 1. The van der Waals surface area contributed by atoms with E-state index in [0.29, 0.717) is 30.2 Å². The number of fused-ring (bicyclic) bond motifs is 2. The Labute approximate surface area is 155 Å². The molecule has 2 aromatic heterocycles. The molecule has 0 bridgehead atoms. The van der Waals surface area contributed by atoms with Crippen LogP contribution in [0.2, 0.25) is 0 Å². The summed E-state index contributed by atoms with van der Waals surface area (Å²) < 4.78 is 5.24. The molecule has 0 spiro atoms. The van der Waals surface area contributed by atoms with Crippen LogP contribution in [0.3, 0.4) is 0 Å². The minimum atomic E-state index is -0.303. The lowest BCUT2D eigenvalue weighted by Gasteiger charge is -2.34. The second kappa shape index (κ2) is 7.39. The second-order valence-electron chi connectivity index (χ2n) is 8.39. The molecule has 5 heteroatoms. The molecule has 2 heterocycles. The van der Waals surface area contributed by atoms with Gasteiger partial charge in [0.05, 0.1) is 17.6 Å². The number of esters is 1. The van der Waals surface area contributed by atoms with Gasteiger partial charge in [0.2, 0.25) is 0 Å². The molecule has 1 aliphatic rings. The fourth-order valence-electron chi connectivity index (χ4n) is 3.96. The first-order valence-electron chi connectivity index (χ1n) is 9.75. The van der Waals surface area contributed by atoms with Crippen LogP contribution in [0, 0.1) is 11.3 Å². The molecule has 3 N–H and O–H groups in total. The lowest BCUT2D eigenvalue weighted by atomic mass is 9.71. The molecule has 0 saturated heterocycles. The van der Waals surface area contributed by atoms with Gasteiger partial charge in [0, 0.05) is 11.3 Å². The third-order valence-electron chi connectivity index (χ3n) is 5.57. The molecule has 1 atom stereocenters. The van der Waals surface area contributed by atoms with Crippen LogP contribution in [0.15, 0.2) is 6.07 Å². The average Bonchev–Trinajstić information content (AvgIpc) is 2.94. The highest BCUT2D eigenvalue weighted by Crippen LogP contribution is 2.38. The van der Waals surface area contributed by atoms with Gasteiger partial charge in [-0.3, -0.25) is 4.98 Å². The largest absolute Gasteiger partial charge is 0.461 e. The Balaban J connectivity index is 2.04. The molecule has 0 fully saturated rings. The van der Waals surface area contributed by atoms with Gasteiger partial charge in [-0.15, -0.1) is 0 Å². The summed E-state index contributed by atoms with van der Waals surface area (Å²) in [5, 5.41) is 0. The van der Waals surface area contributed by atoms with E-state index in [1.165, 1.54) is 17.7 Å². The highest BCUT2D eigenvalue weighted by molar-refractivity contribution is 5.97. The number of nitrogens with zero attached hydrogens (tertiary/aromatic N) is 1. The Bertz CT molecular complexity index is 802. The summed E-state index contributed by atoms with van der Waals surface area (Å²) in [6.45, 7) is 9.71. The Morgan fingerprint density at radius 1 is 1.42 bits per heavy atom. The zero-order chi connectivity index (χ0) is 18.9. The van der Waals surface area contributed by atoms with E-state index in [4.69, 9.17) is 15.5 Å². The van der Waals surface area contributed by atoms with E-state index < -0.39 is 0 Å². The monoisotopic (exact) mass is 357 g/mol. The normalized spacial score (nSPS) is 17.3. The van der Waals surface area contributed by atoms with Gasteiger partial charge in [0.1, 0.15) is 5.69 Å². The van der Waals surface area contributed by atoms with Crippen molar-refractivity contribution in [3.05, 3.63) is 28.6 Å². The van der Waals surface area contributed by atoms with E-state index in [1.54, 1.807) is 0 Å². The summed E-state index contributed by atoms with van der Waals surface area (Å²) in [4.78, 5) is 20.6. The number of aryl methyl sites for hydroxylation is 2. The van der Waals surface area contributed by atoms with Crippen LogP contribution in [0.25, 0.3) is 11.0 Å². The van der Waals surface area contributed by atoms with E-state index in [1.807, 2.05) is 6.92 Å². The molecule has 3 rings (SSSR count). The lowest BCUT2D eigenvalue weighted by molar-refractivity contribution is 0.0519. The van der Waals surface area contributed by atoms with Gasteiger partial charge in [-0.25, -0.2) is 4.79 Å². The number of H-pyrrole nitrogens is 1. The minimum absolute atomic E-state index is 0.296. The number of hydrogen-bond acceptors (Lipinski definition) is 4. The maximum atomic E-state index is 12.4. The van der Waals surface area contributed by atoms with Crippen molar-refractivity contribution in [2.45, 2.75) is 59.8 Å². The van der Waals surface area contributed by atoms with Crippen molar-refractivity contribution in [2.75, 3.05) is 13.2 Å². The van der Waals surface area contributed by atoms with E-state index in [2.05, 4.69) is 31.8 Å². The molecule has 0 amide bonds. The average molecular weight is 357 g/mol. The Kier molecular flexibility index (Phi) is 5.37. The molecule has 5 nitrogen and oxygen atoms in total. The zero-order valence-electron chi connectivity index (χ0n) is 16.4. The van der Waals surface area contributed by atoms with Gasteiger partial charge in [-0.2, -0.15) is 0 Å². The number of rotatable bonds is 5. The molecule has 1 unspecified atom stereocenters. The fraction of sp³-hybridized carbons (Fsp3) is 0.619. The first-order valence-corrected chi connectivity index (χ1v) is 9.75. The van der Waals surface area contributed by atoms with Crippen LogP contribution < -0.4 is 5.73 Å². The van der Waals surface area contributed by atoms with Crippen molar-refractivity contribution in [1.29, 1.82) is 0 Å². The molecular formula is C21H31N3O2. The number of carbonyl (C=O) groups excluding carboxylic acids is 1. The van der Waals surface area contributed by atoms with Crippen LogP contribution in [0.1, 0.15) is 67.8 Å². The topological polar surface area (TPSA) is 81.0 Å². The van der Waals surface area contributed by atoms with E-state index in [-0.39, 0.29) is 5.97 Å². The highest BCUT2D eigenvalue weighted by atomic mass is 16.5. The summed E-state index contributed by atoms with van der Waals surface area (Å²) >= 11 is 0. The van der Waals surface area contributed by atoms with Crippen LogP contribution in [-0.4, -0.2) is 29.1 Å². The number of nitrogens with one attached hydrogen (secondary N) is 1. The first kappa shape index (κ1) is 18.9. The van der Waals surface area contributed by atoms with Gasteiger partial charge in [-0.1, -0.05) is 20.8 Å². The van der Waals surface area contributed by atoms with Crippen molar-refractivity contribution >= 4 is 17.0 Å². The predicted molar refractivity (Wildman–Crippen MR) is 104 cm³/mol. The maximum absolute atomic E-state index is 12.4. The number of ether oxygens (including phenoxy) is 1. The van der Waals surface area contributed by atoms with Crippen LogP contribution >= 0.6 is 0 Å². The highest BCUT2D eigenvalue weighted by Gasteiger charge is 2.30. The third-order valence-corrected chi connectivity index (χ3v) is 5.57. The maximum Gasteiger partial charge on any atom is 0.355 e. The van der Waals surface area contributed by atoms with Crippen molar-refractivity contribution in [3.63, 3.8) is 0 Å². The third kappa shape index (κ3) is 3.63. The van der Waals surface area contributed by atoms with E-state index in [0.717, 1.165) is 42.3 Å². The van der Waals surface area contributed by atoms with Gasteiger partial charge in [0.15, 0.2) is 0 Å². The number of aromatic amines is 1. The summed E-state index contributed by atoms with van der Waals surface area (Å²) in [6.07, 6.45) is 4.78. The predicted octanol–water partition coefficient (Wildman–Crippen LogP) is 3.78. The molecule has 2 aromatic rings. The summed E-state index contributed by atoms with van der Waals surface area (Å²) in [6, 6.07) is 2.20. The quantitative estimate of drug-likeness (QED) is 0.798. The number of nitrogens with two attached hydrogens (primary N) is 1.